The molecule has 0 aliphatic rings. The van der Waals surface area contributed by atoms with Gasteiger partial charge in [0.05, 0.1) is 12.0 Å². The molecule has 26 heavy (non-hydrogen) atoms. The van der Waals surface area contributed by atoms with Crippen molar-refractivity contribution in [3.05, 3.63) is 82.8 Å². The van der Waals surface area contributed by atoms with E-state index in [0.29, 0.717) is 11.6 Å². The summed E-state index contributed by atoms with van der Waals surface area (Å²) in [5.41, 5.74) is 6.62. The first-order valence-electron chi connectivity index (χ1n) is 8.05. The predicted octanol–water partition coefficient (Wildman–Crippen LogP) is 4.08. The molecule has 3 rings (SSSR count). The first kappa shape index (κ1) is 17.9. The van der Waals surface area contributed by atoms with Crippen LogP contribution in [0.25, 0.3) is 17.3 Å². The van der Waals surface area contributed by atoms with E-state index in [-0.39, 0.29) is 0 Å². The van der Waals surface area contributed by atoms with Crippen molar-refractivity contribution in [3.8, 4) is 11.3 Å². The lowest BCUT2D eigenvalue weighted by Crippen LogP contribution is -2.14. The van der Waals surface area contributed by atoms with Gasteiger partial charge >= 0.3 is 0 Å². The summed E-state index contributed by atoms with van der Waals surface area (Å²) in [4.78, 5) is 15.5. The average molecular weight is 368 g/mol. The molecule has 6 heteroatoms. The van der Waals surface area contributed by atoms with Gasteiger partial charge in [0.2, 0.25) is 0 Å². The van der Waals surface area contributed by atoms with Gasteiger partial charge in [-0.05, 0) is 36.3 Å². The van der Waals surface area contributed by atoms with E-state index < -0.39 is 5.91 Å². The molecule has 0 spiro atoms. The highest BCUT2D eigenvalue weighted by molar-refractivity contribution is 6.30. The second kappa shape index (κ2) is 7.99. The molecule has 3 aromatic rings. The van der Waals surface area contributed by atoms with Gasteiger partial charge < -0.3 is 4.57 Å². The molecule has 132 valence electrons. The summed E-state index contributed by atoms with van der Waals surface area (Å²) in [6, 6.07) is 15.5. The first-order valence-corrected chi connectivity index (χ1v) is 8.43. The lowest BCUT2D eigenvalue weighted by atomic mass is 10.1. The van der Waals surface area contributed by atoms with Gasteiger partial charge in [-0.1, -0.05) is 48.0 Å². The molecular weight excluding hydrogens is 350 g/mol. The largest absolute Gasteiger partial charge is 0.330 e. The van der Waals surface area contributed by atoms with Crippen LogP contribution in [0.3, 0.4) is 0 Å². The highest BCUT2D eigenvalue weighted by Gasteiger charge is 2.09. The number of hydrogen-bond donors (Lipinski definition) is 2. The number of carbonyl (C=O) groups is 1. The number of nitrogens with zero attached hydrogens (tertiary/aromatic N) is 2. The van der Waals surface area contributed by atoms with Gasteiger partial charge in [0.15, 0.2) is 0 Å². The maximum absolute atomic E-state index is 11.0. The van der Waals surface area contributed by atoms with Gasteiger partial charge in [-0.2, -0.15) is 0 Å². The highest BCUT2D eigenvalue weighted by atomic mass is 35.5. The summed E-state index contributed by atoms with van der Waals surface area (Å²) in [6.07, 6.45) is 4.74. The number of aromatic nitrogens is 2. The van der Waals surface area contributed by atoms with Crippen LogP contribution in [0.2, 0.25) is 5.02 Å². The van der Waals surface area contributed by atoms with Crippen LogP contribution in [-0.4, -0.2) is 20.7 Å². The smallest absolute Gasteiger partial charge is 0.267 e. The molecule has 2 aromatic carbocycles. The molecule has 0 fully saturated rings. The van der Waals surface area contributed by atoms with E-state index in [9.17, 15) is 4.79 Å². The fraction of sp³-hybridized carbons (Fsp3) is 0.100. The molecule has 5 nitrogen and oxygen atoms in total. The number of amides is 1. The van der Waals surface area contributed by atoms with Crippen LogP contribution < -0.4 is 5.48 Å². The maximum Gasteiger partial charge on any atom is 0.267 e. The van der Waals surface area contributed by atoms with Crippen molar-refractivity contribution >= 4 is 23.6 Å². The van der Waals surface area contributed by atoms with Crippen molar-refractivity contribution in [3.63, 3.8) is 0 Å². The van der Waals surface area contributed by atoms with Crippen molar-refractivity contribution < 1.29 is 10.0 Å². The molecule has 1 aromatic heterocycles. The Morgan fingerprint density at radius 1 is 1.19 bits per heavy atom. The molecular formula is C20H18ClN3O2. The third-order valence-electron chi connectivity index (χ3n) is 4.09. The number of nitrogens with one attached hydrogen (secondary N) is 1. The number of rotatable bonds is 5. The van der Waals surface area contributed by atoms with E-state index >= 15 is 0 Å². The lowest BCUT2D eigenvalue weighted by molar-refractivity contribution is -0.124. The monoisotopic (exact) mass is 367 g/mol. The summed E-state index contributed by atoms with van der Waals surface area (Å²) < 4.78 is 2.09. The van der Waals surface area contributed by atoms with Crippen molar-refractivity contribution in [1.29, 1.82) is 0 Å². The lowest BCUT2D eigenvalue weighted by Gasteiger charge is -2.07. The van der Waals surface area contributed by atoms with E-state index in [4.69, 9.17) is 16.8 Å². The third-order valence-corrected chi connectivity index (χ3v) is 4.34. The zero-order valence-corrected chi connectivity index (χ0v) is 14.9. The van der Waals surface area contributed by atoms with Crippen molar-refractivity contribution in [2.75, 3.05) is 0 Å². The summed E-state index contributed by atoms with van der Waals surface area (Å²) >= 11 is 5.95. The highest BCUT2D eigenvalue weighted by Crippen LogP contribution is 2.24. The third kappa shape index (κ3) is 4.20. The fourth-order valence-corrected chi connectivity index (χ4v) is 2.76. The van der Waals surface area contributed by atoms with Crippen molar-refractivity contribution in [1.82, 2.24) is 15.0 Å². The zero-order valence-electron chi connectivity index (χ0n) is 14.2. The molecule has 0 bridgehead atoms. The maximum atomic E-state index is 11.0. The van der Waals surface area contributed by atoms with E-state index in [1.165, 1.54) is 6.08 Å². The molecule has 1 amide bonds. The molecule has 0 atom stereocenters. The number of hydroxylamine groups is 1. The van der Waals surface area contributed by atoms with Gasteiger partial charge in [-0.3, -0.25) is 10.0 Å². The SMILES string of the molecule is Cc1c(-c2ccc(Cl)cc2)ncn1Cc1ccc(C=CC(=O)NO)cc1. The zero-order chi connectivity index (χ0) is 18.5. The molecule has 0 saturated heterocycles. The van der Waals surface area contributed by atoms with Crippen LogP contribution >= 0.6 is 11.6 Å². The number of benzene rings is 2. The average Bonchev–Trinajstić information content (AvgIpc) is 3.02. The Morgan fingerprint density at radius 3 is 2.54 bits per heavy atom. The van der Waals surface area contributed by atoms with Crippen molar-refractivity contribution in [2.45, 2.75) is 13.5 Å². The van der Waals surface area contributed by atoms with Crippen LogP contribution in [0.15, 0.2) is 60.9 Å². The molecule has 0 saturated carbocycles. The van der Waals surface area contributed by atoms with Crippen LogP contribution in [0.4, 0.5) is 0 Å². The Morgan fingerprint density at radius 2 is 1.88 bits per heavy atom. The second-order valence-corrected chi connectivity index (χ2v) is 6.30. The fourth-order valence-electron chi connectivity index (χ4n) is 2.63. The molecule has 1 heterocycles. The quantitative estimate of drug-likeness (QED) is 0.405. The number of carbonyl (C=O) groups excluding carboxylic acids is 1. The van der Waals surface area contributed by atoms with E-state index in [2.05, 4.69) is 9.55 Å². The molecule has 0 unspecified atom stereocenters. The first-order chi connectivity index (χ1) is 12.6. The summed E-state index contributed by atoms with van der Waals surface area (Å²) in [5.74, 6) is -0.558. The Bertz CT molecular complexity index is 929. The van der Waals surface area contributed by atoms with E-state index in [1.54, 1.807) is 11.6 Å². The Kier molecular flexibility index (Phi) is 5.51. The minimum Gasteiger partial charge on any atom is -0.330 e. The number of hydrogen-bond acceptors (Lipinski definition) is 3. The van der Waals surface area contributed by atoms with Crippen molar-refractivity contribution in [2.24, 2.45) is 0 Å². The molecule has 2 N–H and O–H groups in total. The molecule has 0 aliphatic heterocycles. The van der Waals surface area contributed by atoms with E-state index in [1.807, 2.05) is 61.8 Å². The molecule has 0 aliphatic carbocycles. The normalized spacial score (nSPS) is 11.0. The standard InChI is InChI=1S/C20H18ClN3O2/c1-14-20(17-7-9-18(21)10-8-17)22-13-24(14)12-16-4-2-15(3-5-16)6-11-19(25)23-26/h2-11,13,26H,12H2,1H3,(H,23,25). The minimum atomic E-state index is -0.558. The second-order valence-electron chi connectivity index (χ2n) is 5.86. The van der Waals surface area contributed by atoms with Gasteiger partial charge in [-0.25, -0.2) is 10.5 Å². The summed E-state index contributed by atoms with van der Waals surface area (Å²) in [6.45, 7) is 2.75. The van der Waals surface area contributed by atoms with Gasteiger partial charge in [0.25, 0.3) is 5.91 Å². The molecule has 0 radical (unpaired) electrons. The predicted molar refractivity (Wildman–Crippen MR) is 102 cm³/mol. The van der Waals surface area contributed by atoms with Crippen LogP contribution in [-0.2, 0) is 11.3 Å². The number of halogens is 1. The summed E-state index contributed by atoms with van der Waals surface area (Å²) in [7, 11) is 0. The van der Waals surface area contributed by atoms with Crippen LogP contribution in [0, 0.1) is 6.92 Å². The summed E-state index contributed by atoms with van der Waals surface area (Å²) in [5, 5.41) is 9.18. The van der Waals surface area contributed by atoms with Gasteiger partial charge in [-0.15, -0.1) is 0 Å². The van der Waals surface area contributed by atoms with Gasteiger partial charge in [0, 0.05) is 28.9 Å². The Labute approximate surface area is 156 Å². The Hall–Kier alpha value is -2.89. The van der Waals surface area contributed by atoms with Gasteiger partial charge in [0.1, 0.15) is 0 Å². The van der Waals surface area contributed by atoms with Crippen LogP contribution in [0.1, 0.15) is 16.8 Å². The van der Waals surface area contributed by atoms with Crippen LogP contribution in [0.5, 0.6) is 0 Å². The topological polar surface area (TPSA) is 67.2 Å². The number of imidazole rings is 1. The van der Waals surface area contributed by atoms with E-state index in [0.717, 1.165) is 28.1 Å². The Balaban J connectivity index is 1.74. The minimum absolute atomic E-state index is 0.558.